The molecule has 0 saturated heterocycles. The first-order valence-electron chi connectivity index (χ1n) is 9.83. The predicted molar refractivity (Wildman–Crippen MR) is 119 cm³/mol. The summed E-state index contributed by atoms with van der Waals surface area (Å²) in [6.45, 7) is 8.51. The maximum atomic E-state index is 13.0. The largest absolute Gasteiger partial charge is 0.484 e. The Morgan fingerprint density at radius 3 is 2.45 bits per heavy atom. The molecule has 0 bridgehead atoms. The predicted octanol–water partition coefficient (Wildman–Crippen LogP) is 4.39. The molecule has 1 N–H and O–H groups in total. The summed E-state index contributed by atoms with van der Waals surface area (Å²) in [5.41, 5.74) is 3.09. The number of halogens is 1. The van der Waals surface area contributed by atoms with Gasteiger partial charge in [-0.1, -0.05) is 41.1 Å². The quantitative estimate of drug-likeness (QED) is 0.603. The second kappa shape index (κ2) is 11.0. The molecule has 156 valence electrons. The first kappa shape index (κ1) is 22.9. The van der Waals surface area contributed by atoms with Crippen LogP contribution in [0.5, 0.6) is 5.75 Å². The van der Waals surface area contributed by atoms with Crippen molar-refractivity contribution in [1.82, 2.24) is 10.2 Å². The van der Waals surface area contributed by atoms with E-state index < -0.39 is 6.04 Å². The number of carbonyl (C=O) groups excluding carboxylic acids is 2. The zero-order valence-electron chi connectivity index (χ0n) is 17.5. The molecular weight excluding hydrogens is 432 g/mol. The van der Waals surface area contributed by atoms with Crippen molar-refractivity contribution in [2.24, 2.45) is 0 Å². The molecule has 0 saturated carbocycles. The van der Waals surface area contributed by atoms with E-state index >= 15 is 0 Å². The normalized spacial score (nSPS) is 11.6. The first-order valence-corrected chi connectivity index (χ1v) is 10.6. The van der Waals surface area contributed by atoms with E-state index in [1.165, 1.54) is 0 Å². The van der Waals surface area contributed by atoms with Gasteiger partial charge in [-0.15, -0.1) is 0 Å². The third-order valence-corrected chi connectivity index (χ3v) is 5.01. The molecule has 0 fully saturated rings. The van der Waals surface area contributed by atoms with Gasteiger partial charge in [0.1, 0.15) is 11.8 Å². The minimum absolute atomic E-state index is 0.123. The summed E-state index contributed by atoms with van der Waals surface area (Å²) in [5, 5.41) is 2.87. The molecule has 6 heteroatoms. The molecule has 5 nitrogen and oxygen atoms in total. The van der Waals surface area contributed by atoms with Crippen LogP contribution in [0, 0.1) is 13.8 Å². The highest BCUT2D eigenvalue weighted by Crippen LogP contribution is 2.18. The molecule has 1 atom stereocenters. The van der Waals surface area contributed by atoms with E-state index in [1.54, 1.807) is 11.8 Å². The Balaban J connectivity index is 2.15. The van der Waals surface area contributed by atoms with Crippen LogP contribution in [0.2, 0.25) is 0 Å². The molecule has 0 radical (unpaired) electrons. The number of benzene rings is 2. The van der Waals surface area contributed by atoms with Gasteiger partial charge in [-0.25, -0.2) is 0 Å². The Morgan fingerprint density at radius 2 is 1.83 bits per heavy atom. The fraction of sp³-hybridized carbons (Fsp3) is 0.391. The smallest absolute Gasteiger partial charge is 0.261 e. The summed E-state index contributed by atoms with van der Waals surface area (Å²) in [5.74, 6) is 0.256. The highest BCUT2D eigenvalue weighted by molar-refractivity contribution is 9.10. The van der Waals surface area contributed by atoms with E-state index in [4.69, 9.17) is 4.74 Å². The second-order valence-electron chi connectivity index (χ2n) is 7.23. The molecule has 1 unspecified atom stereocenters. The van der Waals surface area contributed by atoms with Crippen molar-refractivity contribution in [2.75, 3.05) is 13.2 Å². The summed E-state index contributed by atoms with van der Waals surface area (Å²) in [6.07, 6.45) is 0.841. The molecular formula is C23H29BrN2O3. The number of aryl methyl sites for hydroxylation is 2. The molecule has 29 heavy (non-hydrogen) atoms. The van der Waals surface area contributed by atoms with Crippen LogP contribution in [0.25, 0.3) is 0 Å². The zero-order chi connectivity index (χ0) is 21.4. The topological polar surface area (TPSA) is 58.6 Å². The van der Waals surface area contributed by atoms with E-state index in [2.05, 4.69) is 21.2 Å². The monoisotopic (exact) mass is 460 g/mol. The highest BCUT2D eigenvalue weighted by atomic mass is 79.9. The lowest BCUT2D eigenvalue weighted by atomic mass is 10.1. The minimum Gasteiger partial charge on any atom is -0.484 e. The van der Waals surface area contributed by atoms with Gasteiger partial charge in [0.05, 0.1) is 0 Å². The van der Waals surface area contributed by atoms with E-state index in [-0.39, 0.29) is 18.4 Å². The van der Waals surface area contributed by atoms with Crippen LogP contribution in [-0.2, 0) is 16.1 Å². The van der Waals surface area contributed by atoms with Gasteiger partial charge in [-0.3, -0.25) is 9.59 Å². The molecule has 2 aromatic rings. The molecule has 0 aliphatic heterocycles. The zero-order valence-corrected chi connectivity index (χ0v) is 19.1. The van der Waals surface area contributed by atoms with Crippen molar-refractivity contribution in [3.8, 4) is 5.75 Å². The fourth-order valence-electron chi connectivity index (χ4n) is 3.05. The number of nitrogens with one attached hydrogen (secondary N) is 1. The molecule has 0 aromatic heterocycles. The third kappa shape index (κ3) is 7.20. The molecule has 0 heterocycles. The van der Waals surface area contributed by atoms with E-state index in [0.29, 0.717) is 18.8 Å². The van der Waals surface area contributed by atoms with Crippen LogP contribution < -0.4 is 10.1 Å². The Bertz CT molecular complexity index is 834. The Hall–Kier alpha value is -2.34. The van der Waals surface area contributed by atoms with Crippen molar-refractivity contribution in [3.63, 3.8) is 0 Å². The third-order valence-electron chi connectivity index (χ3n) is 4.52. The Labute approximate surface area is 181 Å². The molecule has 0 aliphatic rings. The van der Waals surface area contributed by atoms with Crippen molar-refractivity contribution < 1.29 is 14.3 Å². The number of amides is 2. The lowest BCUT2D eigenvalue weighted by molar-refractivity contribution is -0.142. The number of nitrogens with zero attached hydrogens (tertiary/aromatic N) is 1. The Kier molecular flexibility index (Phi) is 8.70. The average molecular weight is 461 g/mol. The number of hydrogen-bond acceptors (Lipinski definition) is 3. The highest BCUT2D eigenvalue weighted by Gasteiger charge is 2.26. The molecule has 2 aromatic carbocycles. The molecule has 2 rings (SSSR count). The maximum Gasteiger partial charge on any atom is 0.261 e. The van der Waals surface area contributed by atoms with Gasteiger partial charge in [0, 0.05) is 17.6 Å². The van der Waals surface area contributed by atoms with Crippen molar-refractivity contribution in [3.05, 3.63) is 63.6 Å². The lowest BCUT2D eigenvalue weighted by Crippen LogP contribution is -2.49. The summed E-state index contributed by atoms with van der Waals surface area (Å²) in [4.78, 5) is 27.1. The van der Waals surface area contributed by atoms with Crippen LogP contribution in [0.1, 0.15) is 37.0 Å². The number of rotatable bonds is 9. The first-order chi connectivity index (χ1) is 13.8. The van der Waals surface area contributed by atoms with Gasteiger partial charge in [0.25, 0.3) is 5.91 Å². The minimum atomic E-state index is -0.601. The molecule has 0 spiro atoms. The summed E-state index contributed by atoms with van der Waals surface area (Å²) in [6, 6.07) is 13.0. The van der Waals surface area contributed by atoms with Gasteiger partial charge in [0.2, 0.25) is 5.91 Å². The van der Waals surface area contributed by atoms with Crippen LogP contribution in [0.15, 0.2) is 46.9 Å². The summed E-state index contributed by atoms with van der Waals surface area (Å²) >= 11 is 3.46. The van der Waals surface area contributed by atoms with E-state index in [0.717, 1.165) is 27.6 Å². The van der Waals surface area contributed by atoms with Crippen LogP contribution in [0.3, 0.4) is 0 Å². The van der Waals surface area contributed by atoms with Crippen LogP contribution in [0.4, 0.5) is 0 Å². The number of hydrogen-bond donors (Lipinski definition) is 1. The molecule has 0 aliphatic carbocycles. The fourth-order valence-corrected chi connectivity index (χ4v) is 3.50. The number of carbonyl (C=O) groups is 2. The van der Waals surface area contributed by atoms with Gasteiger partial charge in [-0.2, -0.15) is 0 Å². The number of ether oxygens (including phenoxy) is 1. The average Bonchev–Trinajstić information content (AvgIpc) is 2.67. The van der Waals surface area contributed by atoms with Crippen molar-refractivity contribution >= 4 is 27.7 Å². The van der Waals surface area contributed by atoms with Crippen molar-refractivity contribution in [2.45, 2.75) is 46.7 Å². The van der Waals surface area contributed by atoms with E-state index in [9.17, 15) is 9.59 Å². The van der Waals surface area contributed by atoms with Crippen molar-refractivity contribution in [1.29, 1.82) is 0 Å². The lowest BCUT2D eigenvalue weighted by Gasteiger charge is -2.29. The summed E-state index contributed by atoms with van der Waals surface area (Å²) < 4.78 is 6.68. The van der Waals surface area contributed by atoms with Gasteiger partial charge >= 0.3 is 0 Å². The summed E-state index contributed by atoms with van der Waals surface area (Å²) in [7, 11) is 0. The maximum absolute atomic E-state index is 13.0. The Morgan fingerprint density at radius 1 is 1.14 bits per heavy atom. The van der Waals surface area contributed by atoms with Gasteiger partial charge in [-0.05, 0) is 68.1 Å². The SMILES string of the molecule is CCCNC(=O)C(C)N(Cc1cccc(Br)c1)C(=O)COc1cc(C)cc(C)c1. The van der Waals surface area contributed by atoms with Crippen LogP contribution >= 0.6 is 15.9 Å². The van der Waals surface area contributed by atoms with Gasteiger partial charge in [0.15, 0.2) is 6.61 Å². The second-order valence-corrected chi connectivity index (χ2v) is 8.15. The molecule has 2 amide bonds. The van der Waals surface area contributed by atoms with E-state index in [1.807, 2.05) is 63.2 Å². The van der Waals surface area contributed by atoms with Gasteiger partial charge < -0.3 is 15.0 Å². The van der Waals surface area contributed by atoms with Crippen LogP contribution in [-0.4, -0.2) is 35.9 Å². The standard InChI is InChI=1S/C23H29BrN2O3/c1-5-9-25-23(28)18(4)26(14-19-7-6-8-20(24)13-19)22(27)15-29-21-11-16(2)10-17(3)12-21/h6-8,10-13,18H,5,9,14-15H2,1-4H3,(H,25,28).